The topological polar surface area (TPSA) is 30.0 Å². The fourth-order valence-corrected chi connectivity index (χ4v) is 1.85. The van der Waals surface area contributed by atoms with Crippen molar-refractivity contribution in [2.24, 2.45) is 0 Å². The van der Waals surface area contributed by atoms with E-state index < -0.39 is 0 Å². The number of benzene rings is 1. The molecule has 0 saturated carbocycles. The summed E-state index contributed by atoms with van der Waals surface area (Å²) in [4.78, 5) is 15.4. The van der Waals surface area contributed by atoms with Gasteiger partial charge in [-0.1, -0.05) is 25.1 Å². The Balaban J connectivity index is 2.27. The Hall–Kier alpha value is -1.70. The highest BCUT2D eigenvalue weighted by atomic mass is 16.1. The molecule has 82 valence electrons. The molecule has 1 heterocycles. The molecule has 0 N–H and O–H groups in total. The van der Waals surface area contributed by atoms with Crippen molar-refractivity contribution in [1.29, 1.82) is 0 Å². The van der Waals surface area contributed by atoms with Gasteiger partial charge < -0.3 is 0 Å². The van der Waals surface area contributed by atoms with E-state index in [1.807, 2.05) is 25.3 Å². The largest absolute Gasteiger partial charge is 0.300 e. The molecule has 2 nitrogen and oxygen atoms in total. The summed E-state index contributed by atoms with van der Waals surface area (Å²) in [6.45, 7) is 1.91. The molecular formula is C14H15NO. The van der Waals surface area contributed by atoms with E-state index in [-0.39, 0.29) is 0 Å². The lowest BCUT2D eigenvalue weighted by Gasteiger charge is -2.04. The number of rotatable bonds is 4. The zero-order valence-electron chi connectivity index (χ0n) is 9.44. The van der Waals surface area contributed by atoms with Crippen LogP contribution in [0.1, 0.15) is 25.3 Å². The van der Waals surface area contributed by atoms with Crippen LogP contribution in [0.2, 0.25) is 0 Å². The number of carbonyl (C=O) groups excluding carboxylic acids is 1. The fourth-order valence-electron chi connectivity index (χ4n) is 1.85. The number of pyridine rings is 1. The van der Waals surface area contributed by atoms with Gasteiger partial charge in [-0.2, -0.15) is 0 Å². The summed E-state index contributed by atoms with van der Waals surface area (Å²) in [5.74, 6) is 0.320. The monoisotopic (exact) mass is 213 g/mol. The summed E-state index contributed by atoms with van der Waals surface area (Å²) in [5, 5.41) is 2.35. The van der Waals surface area contributed by atoms with Gasteiger partial charge in [-0.25, -0.2) is 0 Å². The van der Waals surface area contributed by atoms with E-state index in [1.165, 1.54) is 10.9 Å². The predicted molar refractivity (Wildman–Crippen MR) is 65.4 cm³/mol. The first-order chi connectivity index (χ1) is 7.81. The van der Waals surface area contributed by atoms with Crippen LogP contribution in [0, 0.1) is 0 Å². The van der Waals surface area contributed by atoms with Crippen molar-refractivity contribution in [3.8, 4) is 0 Å². The summed E-state index contributed by atoms with van der Waals surface area (Å²) < 4.78 is 0. The maximum Gasteiger partial charge on any atom is 0.132 e. The van der Waals surface area contributed by atoms with Gasteiger partial charge in [0.1, 0.15) is 5.78 Å². The molecule has 2 rings (SSSR count). The SMILES string of the molecule is CCC(=O)CCc1cccc2ccncc12. The molecule has 0 aliphatic rings. The van der Waals surface area contributed by atoms with Crippen molar-refractivity contribution >= 4 is 16.6 Å². The molecule has 1 aromatic carbocycles. The molecule has 0 radical (unpaired) electrons. The molecule has 0 atom stereocenters. The highest BCUT2D eigenvalue weighted by Gasteiger charge is 2.03. The zero-order chi connectivity index (χ0) is 11.4. The first-order valence-electron chi connectivity index (χ1n) is 5.64. The van der Waals surface area contributed by atoms with E-state index in [1.54, 1.807) is 6.20 Å². The number of carbonyl (C=O) groups is 1. The van der Waals surface area contributed by atoms with Crippen molar-refractivity contribution in [1.82, 2.24) is 4.98 Å². The number of Topliss-reactive ketones (excluding diaryl/α,β-unsaturated/α-hetero) is 1. The van der Waals surface area contributed by atoms with E-state index in [4.69, 9.17) is 0 Å². The zero-order valence-corrected chi connectivity index (χ0v) is 9.44. The summed E-state index contributed by atoms with van der Waals surface area (Å²) in [5.41, 5.74) is 1.22. The Labute approximate surface area is 95.3 Å². The second-order valence-electron chi connectivity index (χ2n) is 3.91. The van der Waals surface area contributed by atoms with E-state index >= 15 is 0 Å². The minimum absolute atomic E-state index is 0.320. The number of fused-ring (bicyclic) bond motifs is 1. The number of aryl methyl sites for hydroxylation is 1. The quantitative estimate of drug-likeness (QED) is 0.781. The smallest absolute Gasteiger partial charge is 0.132 e. The van der Waals surface area contributed by atoms with Gasteiger partial charge >= 0.3 is 0 Å². The minimum Gasteiger partial charge on any atom is -0.300 e. The summed E-state index contributed by atoms with van der Waals surface area (Å²) in [6, 6.07) is 8.18. The Morgan fingerprint density at radius 3 is 3.00 bits per heavy atom. The van der Waals surface area contributed by atoms with Gasteiger partial charge in [0, 0.05) is 30.6 Å². The van der Waals surface area contributed by atoms with Crippen LogP contribution < -0.4 is 0 Å². The average Bonchev–Trinajstić information content (AvgIpc) is 2.35. The molecule has 16 heavy (non-hydrogen) atoms. The van der Waals surface area contributed by atoms with Crippen LogP contribution in [0.3, 0.4) is 0 Å². The molecule has 1 aromatic heterocycles. The van der Waals surface area contributed by atoms with Crippen LogP contribution in [0.25, 0.3) is 10.8 Å². The van der Waals surface area contributed by atoms with Crippen LogP contribution in [-0.4, -0.2) is 10.8 Å². The number of hydrogen-bond donors (Lipinski definition) is 0. The predicted octanol–water partition coefficient (Wildman–Crippen LogP) is 3.15. The van der Waals surface area contributed by atoms with Crippen LogP contribution in [0.4, 0.5) is 0 Å². The Morgan fingerprint density at radius 1 is 1.31 bits per heavy atom. The van der Waals surface area contributed by atoms with Crippen molar-refractivity contribution in [3.05, 3.63) is 42.2 Å². The average molecular weight is 213 g/mol. The van der Waals surface area contributed by atoms with Gasteiger partial charge in [0.25, 0.3) is 0 Å². The molecule has 0 spiro atoms. The van der Waals surface area contributed by atoms with Gasteiger partial charge in [0.05, 0.1) is 0 Å². The molecule has 2 heteroatoms. The molecule has 0 amide bonds. The van der Waals surface area contributed by atoms with Crippen molar-refractivity contribution in [2.45, 2.75) is 26.2 Å². The Kier molecular flexibility index (Phi) is 3.30. The number of nitrogens with zero attached hydrogens (tertiary/aromatic N) is 1. The van der Waals surface area contributed by atoms with E-state index in [9.17, 15) is 4.79 Å². The van der Waals surface area contributed by atoms with E-state index in [2.05, 4.69) is 17.1 Å². The molecule has 0 aliphatic carbocycles. The highest BCUT2D eigenvalue weighted by molar-refractivity contribution is 5.85. The first kappa shape index (κ1) is 10.8. The lowest BCUT2D eigenvalue weighted by molar-refractivity contribution is -0.118. The number of hydrogen-bond acceptors (Lipinski definition) is 2. The van der Waals surface area contributed by atoms with Gasteiger partial charge in [0.2, 0.25) is 0 Å². The lowest BCUT2D eigenvalue weighted by atomic mass is 10.0. The van der Waals surface area contributed by atoms with Gasteiger partial charge in [-0.3, -0.25) is 9.78 Å². The molecule has 0 fully saturated rings. The third kappa shape index (κ3) is 2.27. The highest BCUT2D eigenvalue weighted by Crippen LogP contribution is 2.18. The molecule has 0 bridgehead atoms. The molecule has 0 unspecified atom stereocenters. The maximum atomic E-state index is 11.3. The molecular weight excluding hydrogens is 198 g/mol. The van der Waals surface area contributed by atoms with Crippen LogP contribution >= 0.6 is 0 Å². The van der Waals surface area contributed by atoms with Crippen molar-refractivity contribution < 1.29 is 4.79 Å². The standard InChI is InChI=1S/C14H15NO/c1-2-13(16)7-6-11-4-3-5-12-8-9-15-10-14(11)12/h3-5,8-10H,2,6-7H2,1H3. The van der Waals surface area contributed by atoms with Crippen LogP contribution in [0.5, 0.6) is 0 Å². The summed E-state index contributed by atoms with van der Waals surface area (Å²) >= 11 is 0. The molecule has 2 aromatic rings. The molecule has 0 saturated heterocycles. The second kappa shape index (κ2) is 4.88. The van der Waals surface area contributed by atoms with E-state index in [0.717, 1.165) is 11.8 Å². The maximum absolute atomic E-state index is 11.3. The van der Waals surface area contributed by atoms with Gasteiger partial charge in [-0.05, 0) is 23.4 Å². The third-order valence-electron chi connectivity index (χ3n) is 2.84. The van der Waals surface area contributed by atoms with Crippen LogP contribution in [0.15, 0.2) is 36.7 Å². The second-order valence-corrected chi connectivity index (χ2v) is 3.91. The third-order valence-corrected chi connectivity index (χ3v) is 2.84. The summed E-state index contributed by atoms with van der Waals surface area (Å²) in [6.07, 6.45) is 5.74. The van der Waals surface area contributed by atoms with E-state index in [0.29, 0.717) is 18.6 Å². The van der Waals surface area contributed by atoms with Gasteiger partial charge in [0.15, 0.2) is 0 Å². The van der Waals surface area contributed by atoms with Crippen LogP contribution in [-0.2, 0) is 11.2 Å². The van der Waals surface area contributed by atoms with Gasteiger partial charge in [-0.15, -0.1) is 0 Å². The molecule has 0 aliphatic heterocycles. The van der Waals surface area contributed by atoms with Crippen molar-refractivity contribution in [2.75, 3.05) is 0 Å². The Morgan fingerprint density at radius 2 is 2.19 bits per heavy atom. The fraction of sp³-hybridized carbons (Fsp3) is 0.286. The number of ketones is 1. The number of aromatic nitrogens is 1. The van der Waals surface area contributed by atoms with Crippen molar-refractivity contribution in [3.63, 3.8) is 0 Å². The first-order valence-corrected chi connectivity index (χ1v) is 5.64. The normalized spacial score (nSPS) is 10.6. The minimum atomic E-state index is 0.320. The Bertz CT molecular complexity index is 500. The lowest BCUT2D eigenvalue weighted by Crippen LogP contribution is -1.98. The summed E-state index contributed by atoms with van der Waals surface area (Å²) in [7, 11) is 0.